The zero-order chi connectivity index (χ0) is 16.5. The van der Waals surface area contributed by atoms with Gasteiger partial charge in [-0.2, -0.15) is 0 Å². The Kier molecular flexibility index (Phi) is 4.28. The van der Waals surface area contributed by atoms with Gasteiger partial charge >= 0.3 is 0 Å². The summed E-state index contributed by atoms with van der Waals surface area (Å²) in [6.45, 7) is 17.2. The van der Waals surface area contributed by atoms with Gasteiger partial charge in [0.2, 0.25) is 0 Å². The maximum Gasteiger partial charge on any atom is 0.0697 e. The molecule has 2 rings (SSSR count). The van der Waals surface area contributed by atoms with Crippen molar-refractivity contribution in [1.29, 1.82) is 0 Å². The summed E-state index contributed by atoms with van der Waals surface area (Å²) < 4.78 is 0. The minimum absolute atomic E-state index is 0.0291. The molecule has 2 aromatic carbocycles. The van der Waals surface area contributed by atoms with Crippen LogP contribution in [-0.4, -0.2) is 6.72 Å². The highest BCUT2D eigenvalue weighted by Crippen LogP contribution is 2.42. The molecule has 116 valence electrons. The predicted octanol–water partition coefficient (Wildman–Crippen LogP) is 6.28. The molecule has 0 aromatic heterocycles. The Bertz CT molecular complexity index is 632. The summed E-state index contributed by atoms with van der Waals surface area (Å²) in [6, 6.07) is 15.1. The van der Waals surface area contributed by atoms with Gasteiger partial charge in [-0.1, -0.05) is 71.9 Å². The van der Waals surface area contributed by atoms with Gasteiger partial charge in [-0.15, -0.1) is 0 Å². The lowest BCUT2D eigenvalue weighted by molar-refractivity contribution is 0.571. The number of rotatable bonds is 2. The summed E-state index contributed by atoms with van der Waals surface area (Å²) >= 11 is 0. The molecule has 0 aliphatic heterocycles. The zero-order valence-electron chi connectivity index (χ0n) is 14.7. The fourth-order valence-electron chi connectivity index (χ4n) is 2.75. The molecule has 0 bridgehead atoms. The van der Waals surface area contributed by atoms with Gasteiger partial charge in [0.15, 0.2) is 0 Å². The molecular formula is C21H27N. The molecule has 1 nitrogen and oxygen atoms in total. The van der Waals surface area contributed by atoms with Crippen LogP contribution in [0.5, 0.6) is 0 Å². The van der Waals surface area contributed by atoms with Crippen molar-refractivity contribution in [3.63, 3.8) is 0 Å². The summed E-state index contributed by atoms with van der Waals surface area (Å²) in [5.74, 6) is 0. The van der Waals surface area contributed by atoms with Crippen molar-refractivity contribution in [2.75, 3.05) is 0 Å². The van der Waals surface area contributed by atoms with Crippen LogP contribution in [0.2, 0.25) is 0 Å². The van der Waals surface area contributed by atoms with E-state index in [0.29, 0.717) is 0 Å². The molecule has 0 fully saturated rings. The van der Waals surface area contributed by atoms with Crippen LogP contribution in [0, 0.1) is 0 Å². The Morgan fingerprint density at radius 2 is 1.18 bits per heavy atom. The molecule has 22 heavy (non-hydrogen) atoms. The Morgan fingerprint density at radius 3 is 1.55 bits per heavy atom. The summed E-state index contributed by atoms with van der Waals surface area (Å²) in [5.41, 5.74) is 6.11. The van der Waals surface area contributed by atoms with Crippen molar-refractivity contribution >= 4 is 12.4 Å². The molecule has 0 saturated carbocycles. The summed E-state index contributed by atoms with van der Waals surface area (Å²) in [4.78, 5) is 4.39. The lowest BCUT2D eigenvalue weighted by Crippen LogP contribution is -2.17. The molecule has 0 atom stereocenters. The molecule has 0 aliphatic rings. The number of aliphatic imine (C=N–C) groups is 1. The van der Waals surface area contributed by atoms with Crippen LogP contribution in [0.3, 0.4) is 0 Å². The largest absolute Gasteiger partial charge is 0.264 e. The second-order valence-electron chi connectivity index (χ2n) is 7.94. The number of nitrogens with zero attached hydrogens (tertiary/aromatic N) is 1. The van der Waals surface area contributed by atoms with E-state index in [9.17, 15) is 0 Å². The van der Waals surface area contributed by atoms with E-state index in [-0.39, 0.29) is 10.8 Å². The van der Waals surface area contributed by atoms with Crippen LogP contribution in [0.15, 0.2) is 47.5 Å². The Hall–Kier alpha value is -1.89. The van der Waals surface area contributed by atoms with Crippen molar-refractivity contribution in [2.45, 2.75) is 52.4 Å². The Balaban J connectivity index is 2.82. The number of benzene rings is 2. The first-order valence-electron chi connectivity index (χ1n) is 7.86. The maximum atomic E-state index is 4.39. The topological polar surface area (TPSA) is 12.4 Å². The minimum atomic E-state index is 0.0291. The molecule has 0 amide bonds. The molecular weight excluding hydrogens is 266 g/mol. The Morgan fingerprint density at radius 1 is 0.727 bits per heavy atom. The van der Waals surface area contributed by atoms with E-state index < -0.39 is 0 Å². The molecule has 0 N–H and O–H groups in total. The second kappa shape index (κ2) is 5.72. The van der Waals surface area contributed by atoms with Gasteiger partial charge in [0, 0.05) is 0 Å². The van der Waals surface area contributed by atoms with Gasteiger partial charge in [0.25, 0.3) is 0 Å². The van der Waals surface area contributed by atoms with Crippen molar-refractivity contribution in [3.05, 3.63) is 53.6 Å². The molecule has 0 radical (unpaired) electrons. The third kappa shape index (κ3) is 3.30. The van der Waals surface area contributed by atoms with Gasteiger partial charge in [0.1, 0.15) is 0 Å². The fourth-order valence-corrected chi connectivity index (χ4v) is 2.75. The standard InChI is InChI=1S/C21H27N/c1-20(2,3)17-13-16(15-11-9-8-10-12-15)14-18(19(17)22-7)21(4,5)6/h8-14H,7H2,1-6H3. The molecule has 0 aliphatic carbocycles. The van der Waals surface area contributed by atoms with Gasteiger partial charge in [-0.3, -0.25) is 4.99 Å². The highest BCUT2D eigenvalue weighted by Gasteiger charge is 2.26. The van der Waals surface area contributed by atoms with Crippen molar-refractivity contribution < 1.29 is 0 Å². The van der Waals surface area contributed by atoms with E-state index in [1.807, 2.05) is 0 Å². The first-order valence-corrected chi connectivity index (χ1v) is 7.86. The maximum absolute atomic E-state index is 4.39. The quantitative estimate of drug-likeness (QED) is 0.578. The van der Waals surface area contributed by atoms with Crippen molar-refractivity contribution in [3.8, 4) is 11.1 Å². The number of hydrogen-bond acceptors (Lipinski definition) is 1. The van der Waals surface area contributed by atoms with E-state index in [1.165, 1.54) is 22.3 Å². The average Bonchev–Trinajstić information content (AvgIpc) is 2.45. The van der Waals surface area contributed by atoms with Crippen molar-refractivity contribution in [2.24, 2.45) is 4.99 Å². The van der Waals surface area contributed by atoms with Crippen LogP contribution in [-0.2, 0) is 10.8 Å². The third-order valence-corrected chi connectivity index (χ3v) is 3.99. The third-order valence-electron chi connectivity index (χ3n) is 3.99. The summed E-state index contributed by atoms with van der Waals surface area (Å²) in [7, 11) is 0. The highest BCUT2D eigenvalue weighted by atomic mass is 14.7. The molecule has 1 heteroatoms. The lowest BCUT2D eigenvalue weighted by Gasteiger charge is -2.29. The van der Waals surface area contributed by atoms with Crippen LogP contribution < -0.4 is 0 Å². The number of hydrogen-bond donors (Lipinski definition) is 0. The first-order chi connectivity index (χ1) is 10.1. The van der Waals surface area contributed by atoms with E-state index in [2.05, 4.69) is 95.7 Å². The smallest absolute Gasteiger partial charge is 0.0697 e. The molecule has 0 spiro atoms. The van der Waals surface area contributed by atoms with Crippen LogP contribution in [0.25, 0.3) is 11.1 Å². The van der Waals surface area contributed by atoms with Gasteiger partial charge in [-0.25, -0.2) is 0 Å². The molecule has 2 aromatic rings. The molecule has 0 unspecified atom stereocenters. The van der Waals surface area contributed by atoms with Crippen molar-refractivity contribution in [1.82, 2.24) is 0 Å². The van der Waals surface area contributed by atoms with E-state index in [1.54, 1.807) is 0 Å². The van der Waals surface area contributed by atoms with E-state index in [0.717, 1.165) is 5.69 Å². The SMILES string of the molecule is C=Nc1c(C(C)(C)C)cc(-c2ccccc2)cc1C(C)(C)C. The highest BCUT2D eigenvalue weighted by molar-refractivity contribution is 5.73. The van der Waals surface area contributed by atoms with Crippen LogP contribution >= 0.6 is 0 Å². The fraction of sp³-hybridized carbons (Fsp3) is 0.381. The summed E-state index contributed by atoms with van der Waals surface area (Å²) in [5, 5.41) is 0. The molecule has 0 saturated heterocycles. The minimum Gasteiger partial charge on any atom is -0.264 e. The van der Waals surface area contributed by atoms with E-state index in [4.69, 9.17) is 0 Å². The normalized spacial score (nSPS) is 12.3. The monoisotopic (exact) mass is 293 g/mol. The summed E-state index contributed by atoms with van der Waals surface area (Å²) in [6.07, 6.45) is 0. The first kappa shape index (κ1) is 16.5. The van der Waals surface area contributed by atoms with Gasteiger partial charge < -0.3 is 0 Å². The Labute approximate surface area is 135 Å². The zero-order valence-corrected chi connectivity index (χ0v) is 14.7. The average molecular weight is 293 g/mol. The van der Waals surface area contributed by atoms with Gasteiger partial charge in [-0.05, 0) is 51.9 Å². The van der Waals surface area contributed by atoms with E-state index >= 15 is 0 Å². The lowest BCUT2D eigenvalue weighted by atomic mass is 9.77. The predicted molar refractivity (Wildman–Crippen MR) is 98.5 cm³/mol. The van der Waals surface area contributed by atoms with Crippen LogP contribution in [0.1, 0.15) is 52.7 Å². The second-order valence-corrected chi connectivity index (χ2v) is 7.94. The molecule has 0 heterocycles. The van der Waals surface area contributed by atoms with Crippen LogP contribution in [0.4, 0.5) is 5.69 Å². The van der Waals surface area contributed by atoms with Gasteiger partial charge in [0.05, 0.1) is 5.69 Å².